The molecule has 6 heteroatoms. The SMILES string of the molecule is COc1cc(Nc2ccc(C)c(N(C)C)c2)nc(N)n1. The van der Waals surface area contributed by atoms with Gasteiger partial charge in [0.1, 0.15) is 5.82 Å². The standard InChI is InChI=1S/C14H19N5O/c1-9-5-6-10(7-11(9)19(2)3)16-12-8-13(20-4)18-14(15)17-12/h5-8H,1-4H3,(H3,15,16,17,18). The molecule has 0 radical (unpaired) electrons. The third-order valence-corrected chi connectivity index (χ3v) is 2.89. The van der Waals surface area contributed by atoms with E-state index in [9.17, 15) is 0 Å². The molecule has 1 heterocycles. The maximum Gasteiger partial charge on any atom is 0.225 e. The molecule has 6 nitrogen and oxygen atoms in total. The van der Waals surface area contributed by atoms with Gasteiger partial charge in [0.25, 0.3) is 0 Å². The molecule has 0 saturated heterocycles. The van der Waals surface area contributed by atoms with E-state index in [1.54, 1.807) is 13.2 Å². The van der Waals surface area contributed by atoms with Gasteiger partial charge in [-0.3, -0.25) is 0 Å². The van der Waals surface area contributed by atoms with E-state index in [-0.39, 0.29) is 5.95 Å². The molecule has 20 heavy (non-hydrogen) atoms. The van der Waals surface area contributed by atoms with Crippen molar-refractivity contribution in [3.8, 4) is 5.88 Å². The van der Waals surface area contributed by atoms with Crippen molar-refractivity contribution in [1.29, 1.82) is 0 Å². The van der Waals surface area contributed by atoms with Crippen LogP contribution in [0, 0.1) is 6.92 Å². The van der Waals surface area contributed by atoms with Crippen LogP contribution in [0.15, 0.2) is 24.3 Å². The van der Waals surface area contributed by atoms with Crippen LogP contribution in [0.3, 0.4) is 0 Å². The van der Waals surface area contributed by atoms with Gasteiger partial charge < -0.3 is 20.7 Å². The Morgan fingerprint density at radius 1 is 1.20 bits per heavy atom. The zero-order valence-electron chi connectivity index (χ0n) is 12.1. The number of aryl methyl sites for hydroxylation is 1. The molecular formula is C14H19N5O. The van der Waals surface area contributed by atoms with E-state index in [2.05, 4.69) is 39.2 Å². The van der Waals surface area contributed by atoms with Crippen LogP contribution in [0.25, 0.3) is 0 Å². The summed E-state index contributed by atoms with van der Waals surface area (Å²) < 4.78 is 5.08. The van der Waals surface area contributed by atoms with E-state index in [1.165, 1.54) is 5.56 Å². The Morgan fingerprint density at radius 2 is 1.95 bits per heavy atom. The zero-order chi connectivity index (χ0) is 14.7. The number of nitrogen functional groups attached to an aromatic ring is 1. The molecule has 3 N–H and O–H groups in total. The number of hydrogen-bond acceptors (Lipinski definition) is 6. The normalized spacial score (nSPS) is 10.2. The number of nitrogens with one attached hydrogen (secondary N) is 1. The van der Waals surface area contributed by atoms with Crippen molar-refractivity contribution >= 4 is 23.1 Å². The number of benzene rings is 1. The fourth-order valence-electron chi connectivity index (χ4n) is 1.93. The lowest BCUT2D eigenvalue weighted by Crippen LogP contribution is -2.10. The van der Waals surface area contributed by atoms with Crippen LogP contribution in [0.1, 0.15) is 5.56 Å². The summed E-state index contributed by atoms with van der Waals surface area (Å²) in [5, 5.41) is 3.20. The molecule has 0 bridgehead atoms. The van der Waals surface area contributed by atoms with E-state index in [0.717, 1.165) is 11.4 Å². The van der Waals surface area contributed by atoms with Crippen molar-refractivity contribution < 1.29 is 4.74 Å². The van der Waals surface area contributed by atoms with Crippen molar-refractivity contribution in [3.63, 3.8) is 0 Å². The van der Waals surface area contributed by atoms with E-state index < -0.39 is 0 Å². The maximum absolute atomic E-state index is 5.64. The molecule has 0 amide bonds. The predicted molar refractivity (Wildman–Crippen MR) is 81.8 cm³/mol. The Labute approximate surface area is 118 Å². The first-order valence-electron chi connectivity index (χ1n) is 6.23. The fraction of sp³-hybridized carbons (Fsp3) is 0.286. The van der Waals surface area contributed by atoms with Gasteiger partial charge in [0.15, 0.2) is 0 Å². The minimum absolute atomic E-state index is 0.173. The molecule has 106 valence electrons. The van der Waals surface area contributed by atoms with Crippen molar-refractivity contribution in [1.82, 2.24) is 9.97 Å². The monoisotopic (exact) mass is 273 g/mol. The summed E-state index contributed by atoms with van der Waals surface area (Å²) in [6, 6.07) is 7.80. The van der Waals surface area contributed by atoms with Gasteiger partial charge in [-0.1, -0.05) is 6.07 Å². The van der Waals surface area contributed by atoms with Crippen molar-refractivity contribution in [2.75, 3.05) is 37.2 Å². The molecule has 0 aliphatic rings. The Balaban J connectivity index is 2.30. The van der Waals surface area contributed by atoms with Crippen LogP contribution in [-0.4, -0.2) is 31.2 Å². The molecule has 0 saturated carbocycles. The predicted octanol–water partition coefficient (Wildman–Crippen LogP) is 2.19. The van der Waals surface area contributed by atoms with E-state index >= 15 is 0 Å². The minimum Gasteiger partial charge on any atom is -0.481 e. The summed E-state index contributed by atoms with van der Waals surface area (Å²) in [4.78, 5) is 10.2. The number of nitrogens with two attached hydrogens (primary N) is 1. The molecule has 2 aromatic rings. The smallest absolute Gasteiger partial charge is 0.225 e. The third kappa shape index (κ3) is 3.09. The number of methoxy groups -OCH3 is 1. The first kappa shape index (κ1) is 13.9. The molecular weight excluding hydrogens is 254 g/mol. The minimum atomic E-state index is 0.173. The maximum atomic E-state index is 5.64. The van der Waals surface area contributed by atoms with Gasteiger partial charge in [-0.05, 0) is 24.6 Å². The summed E-state index contributed by atoms with van der Waals surface area (Å²) in [6.07, 6.45) is 0. The van der Waals surface area contributed by atoms with Gasteiger partial charge in [-0.2, -0.15) is 9.97 Å². The molecule has 0 unspecified atom stereocenters. The number of anilines is 4. The fourth-order valence-corrected chi connectivity index (χ4v) is 1.93. The second-order valence-electron chi connectivity index (χ2n) is 4.67. The number of aromatic nitrogens is 2. The molecule has 0 spiro atoms. The molecule has 0 aliphatic heterocycles. The second-order valence-corrected chi connectivity index (χ2v) is 4.67. The van der Waals surface area contributed by atoms with Gasteiger partial charge in [-0.25, -0.2) is 0 Å². The largest absolute Gasteiger partial charge is 0.481 e. The average Bonchev–Trinajstić information content (AvgIpc) is 2.40. The van der Waals surface area contributed by atoms with Crippen molar-refractivity contribution in [2.45, 2.75) is 6.92 Å². The third-order valence-electron chi connectivity index (χ3n) is 2.89. The van der Waals surface area contributed by atoms with Crippen molar-refractivity contribution in [2.24, 2.45) is 0 Å². The van der Waals surface area contributed by atoms with Crippen molar-refractivity contribution in [3.05, 3.63) is 29.8 Å². The highest BCUT2D eigenvalue weighted by atomic mass is 16.5. The van der Waals surface area contributed by atoms with E-state index in [1.807, 2.05) is 20.2 Å². The molecule has 0 atom stereocenters. The molecule has 2 rings (SSSR count). The highest BCUT2D eigenvalue weighted by molar-refractivity contribution is 5.66. The second kappa shape index (κ2) is 5.64. The van der Waals surface area contributed by atoms with Crippen LogP contribution < -0.4 is 20.7 Å². The van der Waals surface area contributed by atoms with Crippen LogP contribution in [-0.2, 0) is 0 Å². The zero-order valence-corrected chi connectivity index (χ0v) is 12.1. The number of ether oxygens (including phenoxy) is 1. The number of nitrogens with zero attached hydrogens (tertiary/aromatic N) is 3. The van der Waals surface area contributed by atoms with Crippen LogP contribution in [0.2, 0.25) is 0 Å². The quantitative estimate of drug-likeness (QED) is 0.889. The van der Waals surface area contributed by atoms with Crippen LogP contribution in [0.5, 0.6) is 5.88 Å². The summed E-state index contributed by atoms with van der Waals surface area (Å²) in [7, 11) is 5.57. The molecule has 0 fully saturated rings. The topological polar surface area (TPSA) is 76.3 Å². The molecule has 0 aliphatic carbocycles. The molecule has 1 aromatic heterocycles. The van der Waals surface area contributed by atoms with E-state index in [0.29, 0.717) is 11.7 Å². The Bertz CT molecular complexity index is 613. The van der Waals surface area contributed by atoms with Gasteiger partial charge in [0, 0.05) is 31.5 Å². The first-order valence-corrected chi connectivity index (χ1v) is 6.23. The Morgan fingerprint density at radius 3 is 2.60 bits per heavy atom. The summed E-state index contributed by atoms with van der Waals surface area (Å²) >= 11 is 0. The van der Waals surface area contributed by atoms with Gasteiger partial charge >= 0.3 is 0 Å². The van der Waals surface area contributed by atoms with E-state index in [4.69, 9.17) is 10.5 Å². The summed E-state index contributed by atoms with van der Waals surface area (Å²) in [5.41, 5.74) is 8.92. The number of hydrogen-bond donors (Lipinski definition) is 2. The lowest BCUT2D eigenvalue weighted by Gasteiger charge is -2.17. The lowest BCUT2D eigenvalue weighted by molar-refractivity contribution is 0.398. The van der Waals surface area contributed by atoms with Crippen LogP contribution >= 0.6 is 0 Å². The number of rotatable bonds is 4. The van der Waals surface area contributed by atoms with Gasteiger partial charge in [-0.15, -0.1) is 0 Å². The molecule has 1 aromatic carbocycles. The average molecular weight is 273 g/mol. The summed E-state index contributed by atoms with van der Waals surface area (Å²) in [5.74, 6) is 1.20. The van der Waals surface area contributed by atoms with Crippen LogP contribution in [0.4, 0.5) is 23.1 Å². The first-order chi connectivity index (χ1) is 9.49. The Kier molecular flexibility index (Phi) is 3.93. The van der Waals surface area contributed by atoms with Gasteiger partial charge in [0.05, 0.1) is 7.11 Å². The summed E-state index contributed by atoms with van der Waals surface area (Å²) in [6.45, 7) is 2.07. The Hall–Kier alpha value is -2.50. The lowest BCUT2D eigenvalue weighted by atomic mass is 10.1. The highest BCUT2D eigenvalue weighted by Crippen LogP contribution is 2.25. The van der Waals surface area contributed by atoms with Gasteiger partial charge in [0.2, 0.25) is 11.8 Å². The highest BCUT2D eigenvalue weighted by Gasteiger charge is 2.06.